The summed E-state index contributed by atoms with van der Waals surface area (Å²) in [7, 11) is 2.09. The van der Waals surface area contributed by atoms with Gasteiger partial charge in [0.05, 0.1) is 0 Å². The van der Waals surface area contributed by atoms with E-state index in [1.165, 1.54) is 0 Å². The fourth-order valence-corrected chi connectivity index (χ4v) is 5.19. The number of H-pyrrole nitrogens is 1. The van der Waals surface area contributed by atoms with Crippen molar-refractivity contribution in [1.82, 2.24) is 15.3 Å². The molecule has 2 aromatic heterocycles. The molecule has 37 heavy (non-hydrogen) atoms. The minimum atomic E-state index is -0.193. The topological polar surface area (TPSA) is 87.3 Å². The summed E-state index contributed by atoms with van der Waals surface area (Å²) in [6.07, 6.45) is 4.68. The third-order valence-corrected chi connectivity index (χ3v) is 7.35. The highest BCUT2D eigenvalue weighted by molar-refractivity contribution is 6.08. The van der Waals surface area contributed by atoms with E-state index in [1.807, 2.05) is 45.2 Å². The second-order valence-corrected chi connectivity index (χ2v) is 9.81. The normalized spacial score (nSPS) is 13.9. The first-order valence-corrected chi connectivity index (χ1v) is 13.2. The van der Waals surface area contributed by atoms with Gasteiger partial charge in [0.1, 0.15) is 7.85 Å². The van der Waals surface area contributed by atoms with Crippen LogP contribution in [0.4, 0.5) is 5.69 Å². The third-order valence-electron chi connectivity index (χ3n) is 7.35. The SMILES string of the molecule is BCc1ccc(-c2cc(C(=O)NCc3c(C)cc(C)[nH]c3=O)c(C)c(N(CC)C3CCOCC3)c2)cn1. The zero-order chi connectivity index (χ0) is 26.5. The van der Waals surface area contributed by atoms with Gasteiger partial charge in [0.2, 0.25) is 0 Å². The monoisotopic (exact) mass is 500 g/mol. The molecule has 0 saturated carbocycles. The fraction of sp³-hybridized carbons (Fsp3) is 0.414. The zero-order valence-corrected chi connectivity index (χ0v) is 22.6. The first-order valence-electron chi connectivity index (χ1n) is 13.2. The average Bonchev–Trinajstić information content (AvgIpc) is 2.90. The molecule has 1 aliphatic heterocycles. The van der Waals surface area contributed by atoms with Crippen molar-refractivity contribution in [3.05, 3.63) is 80.5 Å². The summed E-state index contributed by atoms with van der Waals surface area (Å²) in [5, 5.41) is 3.00. The molecule has 7 nitrogen and oxygen atoms in total. The van der Waals surface area contributed by atoms with Gasteiger partial charge in [0.25, 0.3) is 11.5 Å². The predicted octanol–water partition coefficient (Wildman–Crippen LogP) is 3.43. The fourth-order valence-electron chi connectivity index (χ4n) is 5.19. The number of aromatic amines is 1. The number of carbonyl (C=O) groups is 1. The Kier molecular flexibility index (Phi) is 8.49. The van der Waals surface area contributed by atoms with E-state index in [9.17, 15) is 9.59 Å². The summed E-state index contributed by atoms with van der Waals surface area (Å²) >= 11 is 0. The Labute approximate surface area is 220 Å². The summed E-state index contributed by atoms with van der Waals surface area (Å²) in [5.74, 6) is -0.193. The summed E-state index contributed by atoms with van der Waals surface area (Å²) in [5.41, 5.74) is 7.64. The second kappa shape index (κ2) is 11.8. The molecule has 194 valence electrons. The van der Waals surface area contributed by atoms with Gasteiger partial charge >= 0.3 is 0 Å². The summed E-state index contributed by atoms with van der Waals surface area (Å²) in [6.45, 7) is 10.4. The number of aromatic nitrogens is 2. The molecular weight excluding hydrogens is 463 g/mol. The molecule has 2 N–H and O–H groups in total. The van der Waals surface area contributed by atoms with Crippen LogP contribution in [0.15, 0.2) is 41.3 Å². The minimum absolute atomic E-state index is 0.164. The molecule has 1 aromatic carbocycles. The molecule has 1 fully saturated rings. The van der Waals surface area contributed by atoms with E-state index in [0.717, 1.165) is 78.2 Å². The molecule has 0 bridgehead atoms. The quantitative estimate of drug-likeness (QED) is 0.463. The van der Waals surface area contributed by atoms with Gasteiger partial charge < -0.3 is 19.9 Å². The summed E-state index contributed by atoms with van der Waals surface area (Å²) in [4.78, 5) is 35.9. The van der Waals surface area contributed by atoms with Crippen LogP contribution in [0.5, 0.6) is 0 Å². The lowest BCUT2D eigenvalue weighted by molar-refractivity contribution is 0.0846. The number of nitrogens with zero attached hydrogens (tertiary/aromatic N) is 2. The number of aryl methyl sites for hydroxylation is 2. The second-order valence-electron chi connectivity index (χ2n) is 9.81. The maximum absolute atomic E-state index is 13.6. The van der Waals surface area contributed by atoms with Gasteiger partial charge in [-0.3, -0.25) is 14.6 Å². The summed E-state index contributed by atoms with van der Waals surface area (Å²) < 4.78 is 5.61. The van der Waals surface area contributed by atoms with E-state index < -0.39 is 0 Å². The number of hydrogen-bond acceptors (Lipinski definition) is 5. The zero-order valence-electron chi connectivity index (χ0n) is 22.6. The molecule has 1 aliphatic rings. The van der Waals surface area contributed by atoms with Crippen molar-refractivity contribution in [2.24, 2.45) is 0 Å². The average molecular weight is 500 g/mol. The maximum atomic E-state index is 13.6. The number of amides is 1. The van der Waals surface area contributed by atoms with Crippen LogP contribution in [0.1, 0.15) is 58.2 Å². The molecule has 0 radical (unpaired) electrons. The number of rotatable bonds is 8. The van der Waals surface area contributed by atoms with E-state index in [-0.39, 0.29) is 18.0 Å². The van der Waals surface area contributed by atoms with Gasteiger partial charge in [0, 0.05) is 72.3 Å². The Morgan fingerprint density at radius 1 is 1.16 bits per heavy atom. The molecule has 1 amide bonds. The van der Waals surface area contributed by atoms with Crippen LogP contribution < -0.4 is 15.8 Å². The predicted molar refractivity (Wildman–Crippen MR) is 151 cm³/mol. The molecule has 0 unspecified atom stereocenters. The molecule has 4 rings (SSSR count). The first kappa shape index (κ1) is 26.7. The molecule has 0 atom stereocenters. The van der Waals surface area contributed by atoms with Gasteiger partial charge in [0.15, 0.2) is 0 Å². The van der Waals surface area contributed by atoms with Crippen molar-refractivity contribution < 1.29 is 9.53 Å². The largest absolute Gasteiger partial charge is 0.381 e. The molecule has 3 heterocycles. The van der Waals surface area contributed by atoms with E-state index in [0.29, 0.717) is 17.2 Å². The van der Waals surface area contributed by atoms with E-state index in [2.05, 4.69) is 47.1 Å². The number of pyridine rings is 2. The van der Waals surface area contributed by atoms with Crippen LogP contribution in [0.3, 0.4) is 0 Å². The number of benzene rings is 1. The Bertz CT molecular complexity index is 1310. The van der Waals surface area contributed by atoms with Gasteiger partial charge in [-0.25, -0.2) is 0 Å². The molecule has 3 aromatic rings. The maximum Gasteiger partial charge on any atom is 0.253 e. The summed E-state index contributed by atoms with van der Waals surface area (Å²) in [6, 6.07) is 10.5. The number of hydrogen-bond donors (Lipinski definition) is 2. The van der Waals surface area contributed by atoms with Crippen LogP contribution in [0, 0.1) is 20.8 Å². The Morgan fingerprint density at radius 3 is 2.54 bits per heavy atom. The molecule has 0 aliphatic carbocycles. The molecule has 8 heteroatoms. The van der Waals surface area contributed by atoms with Gasteiger partial charge in [-0.2, -0.15) is 0 Å². The Hall–Kier alpha value is -3.39. The number of nitrogens with one attached hydrogen (secondary N) is 2. The smallest absolute Gasteiger partial charge is 0.253 e. The third kappa shape index (κ3) is 5.96. The van der Waals surface area contributed by atoms with Crippen LogP contribution in [0.2, 0.25) is 0 Å². The Morgan fingerprint density at radius 2 is 1.92 bits per heavy atom. The lowest BCUT2D eigenvalue weighted by Crippen LogP contribution is -2.40. The van der Waals surface area contributed by atoms with Gasteiger partial charge in [-0.15, -0.1) is 0 Å². The van der Waals surface area contributed by atoms with Crippen molar-refractivity contribution >= 4 is 19.4 Å². The van der Waals surface area contributed by atoms with Gasteiger partial charge in [-0.1, -0.05) is 6.07 Å². The number of ether oxygens (including phenoxy) is 1. The highest BCUT2D eigenvalue weighted by Crippen LogP contribution is 2.33. The minimum Gasteiger partial charge on any atom is -0.381 e. The van der Waals surface area contributed by atoms with Crippen LogP contribution >= 0.6 is 0 Å². The van der Waals surface area contributed by atoms with Crippen molar-refractivity contribution in [2.75, 3.05) is 24.7 Å². The van der Waals surface area contributed by atoms with Crippen LogP contribution in [0.25, 0.3) is 11.1 Å². The van der Waals surface area contributed by atoms with E-state index in [4.69, 9.17) is 4.74 Å². The van der Waals surface area contributed by atoms with Crippen LogP contribution in [-0.4, -0.2) is 49.5 Å². The molecule has 0 spiro atoms. The van der Waals surface area contributed by atoms with Crippen LogP contribution in [-0.2, 0) is 17.6 Å². The molecular formula is C29H37BN4O3. The Balaban J connectivity index is 1.73. The van der Waals surface area contributed by atoms with Crippen molar-refractivity contribution in [3.8, 4) is 11.1 Å². The van der Waals surface area contributed by atoms with Gasteiger partial charge in [-0.05, 0) is 87.8 Å². The highest BCUT2D eigenvalue weighted by Gasteiger charge is 2.25. The van der Waals surface area contributed by atoms with Crippen molar-refractivity contribution in [1.29, 1.82) is 0 Å². The van der Waals surface area contributed by atoms with E-state index >= 15 is 0 Å². The van der Waals surface area contributed by atoms with Crippen molar-refractivity contribution in [2.45, 2.75) is 59.4 Å². The van der Waals surface area contributed by atoms with E-state index in [1.54, 1.807) is 0 Å². The highest BCUT2D eigenvalue weighted by atomic mass is 16.5. The lowest BCUT2D eigenvalue weighted by Gasteiger charge is -2.37. The number of carbonyl (C=O) groups excluding carboxylic acids is 1. The molecule has 1 saturated heterocycles. The lowest BCUT2D eigenvalue weighted by atomic mass is 9.95. The first-order chi connectivity index (χ1) is 17.8. The number of anilines is 1. The van der Waals surface area contributed by atoms with Crippen molar-refractivity contribution in [3.63, 3.8) is 0 Å². The standard InChI is InChI=1S/C29H37BN4O3/c1-5-34(24-8-10-37-11-9-24)27-14-22(21-6-7-23(15-30)31-16-21)13-25(20(27)4)28(35)32-17-26-18(2)12-19(3)33-29(26)36/h6-7,12-14,16,24H,5,8-11,15,17,30H2,1-4H3,(H,32,35)(H,33,36).